The Morgan fingerprint density at radius 1 is 1.02 bits per heavy atom. The van der Waals surface area contributed by atoms with Gasteiger partial charge in [-0.05, 0) is 50.1 Å². The molecular weight excluding hydrogens is 608 g/mol. The topological polar surface area (TPSA) is 171 Å². The lowest BCUT2D eigenvalue weighted by atomic mass is 10.0. The number of carbonyl (C=O) groups is 3. The van der Waals surface area contributed by atoms with Crippen molar-refractivity contribution in [2.24, 2.45) is 0 Å². The molecule has 4 rings (SSSR count). The summed E-state index contributed by atoms with van der Waals surface area (Å²) in [6.07, 6.45) is 4.57. The molecule has 232 valence electrons. The van der Waals surface area contributed by atoms with Gasteiger partial charge in [-0.1, -0.05) is 18.2 Å². The highest BCUT2D eigenvalue weighted by Gasteiger charge is 2.16. The van der Waals surface area contributed by atoms with Crippen molar-refractivity contribution in [1.29, 1.82) is 0 Å². The Labute approximate surface area is 258 Å². The fourth-order valence-corrected chi connectivity index (χ4v) is 5.08. The van der Waals surface area contributed by atoms with Crippen LogP contribution in [0.25, 0.3) is 22.4 Å². The zero-order chi connectivity index (χ0) is 31.9. The Hall–Kier alpha value is -4.76. The summed E-state index contributed by atoms with van der Waals surface area (Å²) in [6.45, 7) is 5.51. The van der Waals surface area contributed by atoms with E-state index in [2.05, 4.69) is 25.9 Å². The van der Waals surface area contributed by atoms with Gasteiger partial charge in [-0.15, -0.1) is 11.3 Å². The molecule has 13 nitrogen and oxygen atoms in total. The highest BCUT2D eigenvalue weighted by molar-refractivity contribution is 7.89. The lowest BCUT2D eigenvalue weighted by Gasteiger charge is -2.19. The lowest BCUT2D eigenvalue weighted by molar-refractivity contribution is -0.115. The molecular formula is C29H32N6O7S2. The molecule has 0 fully saturated rings. The van der Waals surface area contributed by atoms with E-state index in [0.29, 0.717) is 16.7 Å². The van der Waals surface area contributed by atoms with E-state index in [1.54, 1.807) is 38.4 Å². The van der Waals surface area contributed by atoms with Crippen molar-refractivity contribution in [3.63, 3.8) is 0 Å². The molecule has 0 spiro atoms. The molecule has 3 aromatic heterocycles. The van der Waals surface area contributed by atoms with Crippen LogP contribution < -0.4 is 20.7 Å². The number of anilines is 1. The Morgan fingerprint density at radius 3 is 2.50 bits per heavy atom. The van der Waals surface area contributed by atoms with E-state index in [1.165, 1.54) is 29.8 Å². The second-order valence-corrected chi connectivity index (χ2v) is 13.2. The van der Waals surface area contributed by atoms with Crippen molar-refractivity contribution in [2.45, 2.75) is 26.4 Å². The molecule has 0 saturated heterocycles. The van der Waals surface area contributed by atoms with Crippen LogP contribution in [0.5, 0.6) is 5.88 Å². The summed E-state index contributed by atoms with van der Waals surface area (Å²) in [5, 5.41) is 9.91. The molecule has 3 amide bonds. The summed E-state index contributed by atoms with van der Waals surface area (Å²) in [4.78, 5) is 45.2. The predicted molar refractivity (Wildman–Crippen MR) is 166 cm³/mol. The summed E-state index contributed by atoms with van der Waals surface area (Å²) in [7, 11) is -3.51. The summed E-state index contributed by atoms with van der Waals surface area (Å²) in [5.74, 6) is -0.667. The van der Waals surface area contributed by atoms with Crippen LogP contribution in [-0.2, 0) is 19.6 Å². The van der Waals surface area contributed by atoms with E-state index in [1.807, 2.05) is 30.3 Å². The summed E-state index contributed by atoms with van der Waals surface area (Å²) < 4.78 is 35.0. The zero-order valence-corrected chi connectivity index (χ0v) is 26.1. The number of pyridine rings is 1. The van der Waals surface area contributed by atoms with Gasteiger partial charge in [0.2, 0.25) is 21.8 Å². The van der Waals surface area contributed by atoms with Gasteiger partial charge in [0, 0.05) is 35.6 Å². The number of hydrogen-bond acceptors (Lipinski definition) is 10. The molecule has 0 aliphatic carbocycles. The zero-order valence-electron chi connectivity index (χ0n) is 24.5. The molecule has 0 aliphatic heterocycles. The van der Waals surface area contributed by atoms with Gasteiger partial charge in [0.05, 0.1) is 30.6 Å². The molecule has 0 bridgehead atoms. The number of carbonyl (C=O) groups excluding carboxylic acids is 3. The van der Waals surface area contributed by atoms with Crippen LogP contribution >= 0.6 is 11.3 Å². The maximum Gasteiger partial charge on any atom is 0.407 e. The monoisotopic (exact) mass is 640 g/mol. The third-order valence-corrected chi connectivity index (χ3v) is 7.47. The number of nitrogens with one attached hydrogen (secondary N) is 3. The average Bonchev–Trinajstić information content (AvgIpc) is 3.64. The van der Waals surface area contributed by atoms with E-state index in [-0.39, 0.29) is 25.3 Å². The maximum absolute atomic E-state index is 12.4. The normalized spacial score (nSPS) is 11.5. The average molecular weight is 641 g/mol. The second-order valence-electron chi connectivity index (χ2n) is 10.5. The lowest BCUT2D eigenvalue weighted by Crippen LogP contribution is -2.34. The van der Waals surface area contributed by atoms with E-state index in [4.69, 9.17) is 9.47 Å². The molecule has 4 aromatic rings. The third kappa shape index (κ3) is 9.37. The van der Waals surface area contributed by atoms with Crippen molar-refractivity contribution in [1.82, 2.24) is 24.6 Å². The van der Waals surface area contributed by atoms with E-state index >= 15 is 0 Å². The SMILES string of the molecule is CC(C)(C)OC(=O)NCCOc1cc(-c2cccc(-c3csc(NC(=O)CNC(=O)c4ccn(S(C)(=O)=O)c4)n3)c2)ccn1. The van der Waals surface area contributed by atoms with Crippen LogP contribution in [0.1, 0.15) is 31.1 Å². The van der Waals surface area contributed by atoms with Crippen LogP contribution in [0.4, 0.5) is 9.93 Å². The van der Waals surface area contributed by atoms with Crippen LogP contribution in [-0.4, -0.2) is 71.8 Å². The van der Waals surface area contributed by atoms with Crippen LogP contribution in [0, 0.1) is 0 Å². The quantitative estimate of drug-likeness (QED) is 0.207. The molecule has 0 aliphatic rings. The van der Waals surface area contributed by atoms with Gasteiger partial charge in [0.15, 0.2) is 5.13 Å². The van der Waals surface area contributed by atoms with Crippen LogP contribution in [0.3, 0.4) is 0 Å². The minimum absolute atomic E-state index is 0.114. The first-order chi connectivity index (χ1) is 20.8. The van der Waals surface area contributed by atoms with Gasteiger partial charge in [-0.3, -0.25) is 13.6 Å². The van der Waals surface area contributed by atoms with Gasteiger partial charge in [-0.2, -0.15) is 0 Å². The standard InChI is InChI=1S/C29H32N6O7S2/c1-29(2,3)42-28(38)31-11-13-41-25-15-20(8-10-30-25)19-6-5-7-21(14-19)23-18-43-27(33-23)34-24(36)16-32-26(37)22-9-12-35(17-22)44(4,39)40/h5-10,12,14-15,17-18H,11,13,16H2,1-4H3,(H,31,38)(H,32,37)(H,33,34,36). The van der Waals surface area contributed by atoms with Gasteiger partial charge >= 0.3 is 6.09 Å². The van der Waals surface area contributed by atoms with E-state index in [9.17, 15) is 22.8 Å². The number of thiazole rings is 1. The number of aromatic nitrogens is 3. The number of nitrogens with zero attached hydrogens (tertiary/aromatic N) is 3. The smallest absolute Gasteiger partial charge is 0.407 e. The van der Waals surface area contributed by atoms with Crippen molar-refractivity contribution >= 4 is 44.4 Å². The molecule has 3 N–H and O–H groups in total. The highest BCUT2D eigenvalue weighted by atomic mass is 32.2. The predicted octanol–water partition coefficient (Wildman–Crippen LogP) is 3.75. The Balaban J connectivity index is 1.31. The maximum atomic E-state index is 12.4. The van der Waals surface area contributed by atoms with E-state index in [0.717, 1.165) is 26.9 Å². The van der Waals surface area contributed by atoms with Crippen molar-refractivity contribution in [2.75, 3.05) is 31.3 Å². The van der Waals surface area contributed by atoms with Gasteiger partial charge in [-0.25, -0.2) is 23.2 Å². The Kier molecular flexibility index (Phi) is 10.0. The summed E-state index contributed by atoms with van der Waals surface area (Å²) in [5.41, 5.74) is 2.77. The molecule has 15 heteroatoms. The van der Waals surface area contributed by atoms with Gasteiger partial charge in [0.25, 0.3) is 5.91 Å². The summed E-state index contributed by atoms with van der Waals surface area (Å²) in [6, 6.07) is 12.7. The molecule has 0 unspecified atom stereocenters. The number of amides is 3. The van der Waals surface area contributed by atoms with Crippen molar-refractivity contribution in [3.8, 4) is 28.3 Å². The highest BCUT2D eigenvalue weighted by Crippen LogP contribution is 2.29. The number of hydrogen-bond donors (Lipinski definition) is 3. The minimum atomic E-state index is -3.51. The van der Waals surface area contributed by atoms with Crippen molar-refractivity contribution < 1.29 is 32.3 Å². The van der Waals surface area contributed by atoms with Crippen LogP contribution in [0.2, 0.25) is 0 Å². The first kappa shape index (κ1) is 32.2. The van der Waals surface area contributed by atoms with Crippen LogP contribution in [0.15, 0.2) is 66.4 Å². The van der Waals surface area contributed by atoms with Gasteiger partial charge < -0.3 is 25.4 Å². The Bertz CT molecular complexity index is 1760. The van der Waals surface area contributed by atoms with Gasteiger partial charge in [0.1, 0.15) is 12.2 Å². The number of benzene rings is 1. The molecule has 1 aromatic carbocycles. The number of alkyl carbamates (subject to hydrolysis) is 1. The summed E-state index contributed by atoms with van der Waals surface area (Å²) >= 11 is 1.23. The molecule has 0 atom stereocenters. The third-order valence-electron chi connectivity index (χ3n) is 5.72. The first-order valence-corrected chi connectivity index (χ1v) is 16.1. The first-order valence-electron chi connectivity index (χ1n) is 13.4. The van der Waals surface area contributed by atoms with E-state index < -0.39 is 33.5 Å². The molecule has 3 heterocycles. The molecule has 44 heavy (non-hydrogen) atoms. The Morgan fingerprint density at radius 2 is 1.77 bits per heavy atom. The number of ether oxygens (including phenoxy) is 2. The molecule has 0 radical (unpaired) electrons. The largest absolute Gasteiger partial charge is 0.476 e. The fourth-order valence-electron chi connectivity index (χ4n) is 3.76. The fraction of sp³-hybridized carbons (Fsp3) is 0.276. The molecule has 0 saturated carbocycles. The minimum Gasteiger partial charge on any atom is -0.476 e. The van der Waals surface area contributed by atoms with Crippen molar-refractivity contribution in [3.05, 3.63) is 72.0 Å². The second kappa shape index (κ2) is 13.7. The number of rotatable bonds is 11.